The summed E-state index contributed by atoms with van der Waals surface area (Å²) in [7, 11) is 1.46. The molecule has 0 aliphatic carbocycles. The number of nitrogens with one attached hydrogen (secondary N) is 1. The van der Waals surface area contributed by atoms with Crippen molar-refractivity contribution in [2.45, 2.75) is 19.9 Å². The number of anilines is 1. The number of ether oxygens (including phenoxy) is 3. The normalized spacial score (nSPS) is 15.3. The van der Waals surface area contributed by atoms with E-state index in [1.54, 1.807) is 47.4 Å². The summed E-state index contributed by atoms with van der Waals surface area (Å²) in [5.74, 6) is 0.0584. The molecule has 2 heterocycles. The smallest absolute Gasteiger partial charge is 0.294 e. The predicted octanol–water partition coefficient (Wildman–Crippen LogP) is 4.73. The molecule has 2 aliphatic rings. The minimum atomic E-state index is -0.524. The first-order chi connectivity index (χ1) is 20.9. The van der Waals surface area contributed by atoms with Gasteiger partial charge in [-0.25, -0.2) is 0 Å². The number of imide groups is 1. The number of nitrogens with zero attached hydrogens (tertiary/aromatic N) is 2. The molecular formula is C32H31N3O7S. The van der Waals surface area contributed by atoms with Crippen LogP contribution in [0.5, 0.6) is 17.2 Å². The summed E-state index contributed by atoms with van der Waals surface area (Å²) in [5, 5.41) is 2.28. The molecule has 0 aromatic heterocycles. The van der Waals surface area contributed by atoms with Gasteiger partial charge in [-0.05, 0) is 72.1 Å². The maximum absolute atomic E-state index is 13.1. The number of fused-ring (bicyclic) bond motifs is 1. The van der Waals surface area contributed by atoms with Crippen LogP contribution in [0.15, 0.2) is 71.6 Å². The standard InChI is InChI=1S/C32H31N3O7S/c1-3-41-25-11-7-6-10-24(25)33-29(36)20-42-26-13-12-21(16-27(26)40-2)17-28-31(38)35(32(39)43-28)19-30(37)34-15-14-22-8-4-5-9-23(22)18-34/h4-13,16-17H,3,14-15,18-20H2,1-2H3,(H,33,36)/b28-17+. The van der Waals surface area contributed by atoms with E-state index in [2.05, 4.69) is 5.32 Å². The van der Waals surface area contributed by atoms with E-state index in [0.29, 0.717) is 48.2 Å². The Hall–Kier alpha value is -4.77. The molecule has 0 saturated carbocycles. The summed E-state index contributed by atoms with van der Waals surface area (Å²) in [5.41, 5.74) is 3.41. The fourth-order valence-corrected chi connectivity index (χ4v) is 5.64. The molecule has 1 saturated heterocycles. The lowest BCUT2D eigenvalue weighted by atomic mass is 10.00. The monoisotopic (exact) mass is 601 g/mol. The largest absolute Gasteiger partial charge is 0.493 e. The van der Waals surface area contributed by atoms with Crippen LogP contribution in [0.2, 0.25) is 0 Å². The van der Waals surface area contributed by atoms with Gasteiger partial charge in [-0.1, -0.05) is 42.5 Å². The molecule has 10 nitrogen and oxygen atoms in total. The molecule has 3 aromatic carbocycles. The van der Waals surface area contributed by atoms with Crippen molar-refractivity contribution in [3.8, 4) is 17.2 Å². The number of amides is 4. The van der Waals surface area contributed by atoms with Crippen LogP contribution in [0.3, 0.4) is 0 Å². The summed E-state index contributed by atoms with van der Waals surface area (Å²) in [4.78, 5) is 54.1. The van der Waals surface area contributed by atoms with Gasteiger partial charge in [-0.2, -0.15) is 0 Å². The summed E-state index contributed by atoms with van der Waals surface area (Å²) >= 11 is 0.784. The van der Waals surface area contributed by atoms with E-state index in [1.165, 1.54) is 12.7 Å². The van der Waals surface area contributed by atoms with Gasteiger partial charge >= 0.3 is 0 Å². The molecule has 1 N–H and O–H groups in total. The highest BCUT2D eigenvalue weighted by atomic mass is 32.2. The van der Waals surface area contributed by atoms with Crippen LogP contribution in [0.4, 0.5) is 10.5 Å². The molecule has 222 valence electrons. The second-order valence-electron chi connectivity index (χ2n) is 9.78. The summed E-state index contributed by atoms with van der Waals surface area (Å²) in [6.07, 6.45) is 2.30. The van der Waals surface area contributed by atoms with Gasteiger partial charge in [0.25, 0.3) is 17.1 Å². The van der Waals surface area contributed by atoms with Crippen molar-refractivity contribution in [1.29, 1.82) is 0 Å². The lowest BCUT2D eigenvalue weighted by Crippen LogP contribution is -2.44. The van der Waals surface area contributed by atoms with Crippen molar-refractivity contribution in [1.82, 2.24) is 9.80 Å². The molecule has 4 amide bonds. The highest BCUT2D eigenvalue weighted by Gasteiger charge is 2.37. The third-order valence-corrected chi connectivity index (χ3v) is 7.86. The van der Waals surface area contributed by atoms with E-state index in [0.717, 1.165) is 28.6 Å². The van der Waals surface area contributed by atoms with E-state index in [-0.39, 0.29) is 29.9 Å². The van der Waals surface area contributed by atoms with Gasteiger partial charge in [0.05, 0.1) is 24.3 Å². The van der Waals surface area contributed by atoms with Crippen molar-refractivity contribution >= 4 is 46.5 Å². The number of hydrogen-bond acceptors (Lipinski definition) is 8. The third-order valence-electron chi connectivity index (χ3n) is 6.96. The first-order valence-electron chi connectivity index (χ1n) is 13.8. The molecule has 0 unspecified atom stereocenters. The average Bonchev–Trinajstić information content (AvgIpc) is 3.28. The van der Waals surface area contributed by atoms with Gasteiger partial charge in [-0.3, -0.25) is 24.1 Å². The number of carbonyl (C=O) groups excluding carboxylic acids is 4. The minimum absolute atomic E-state index is 0.199. The lowest BCUT2D eigenvalue weighted by molar-refractivity contribution is -0.136. The number of hydrogen-bond donors (Lipinski definition) is 1. The number of methoxy groups -OCH3 is 1. The van der Waals surface area contributed by atoms with Gasteiger partial charge in [0, 0.05) is 13.1 Å². The van der Waals surface area contributed by atoms with Crippen molar-refractivity contribution in [3.63, 3.8) is 0 Å². The van der Waals surface area contributed by atoms with Crippen LogP contribution in [-0.4, -0.2) is 66.2 Å². The molecule has 0 radical (unpaired) electrons. The Morgan fingerprint density at radius 1 is 0.953 bits per heavy atom. The number of thioether (sulfide) groups is 1. The van der Waals surface area contributed by atoms with Gasteiger partial charge in [-0.15, -0.1) is 0 Å². The van der Waals surface area contributed by atoms with Crippen LogP contribution in [0.1, 0.15) is 23.6 Å². The quantitative estimate of drug-likeness (QED) is 0.332. The van der Waals surface area contributed by atoms with E-state index >= 15 is 0 Å². The van der Waals surface area contributed by atoms with Crippen LogP contribution in [0, 0.1) is 0 Å². The first kappa shape index (κ1) is 29.7. The Bertz CT molecular complexity index is 1590. The van der Waals surface area contributed by atoms with Gasteiger partial charge < -0.3 is 24.4 Å². The van der Waals surface area contributed by atoms with Crippen molar-refractivity contribution in [2.75, 3.05) is 38.7 Å². The molecule has 0 spiro atoms. The zero-order valence-electron chi connectivity index (χ0n) is 23.8. The number of para-hydroxylation sites is 2. The van der Waals surface area contributed by atoms with Crippen molar-refractivity contribution < 1.29 is 33.4 Å². The molecule has 43 heavy (non-hydrogen) atoms. The second-order valence-corrected chi connectivity index (χ2v) is 10.8. The SMILES string of the molecule is CCOc1ccccc1NC(=O)COc1ccc(/C=C2/SC(=O)N(CC(=O)N3CCc4ccccc4C3)C2=O)cc1OC. The minimum Gasteiger partial charge on any atom is -0.493 e. The molecular weight excluding hydrogens is 570 g/mol. The Kier molecular flexibility index (Phi) is 9.31. The van der Waals surface area contributed by atoms with Crippen molar-refractivity contribution in [3.05, 3.63) is 88.3 Å². The number of carbonyl (C=O) groups is 4. The van der Waals surface area contributed by atoms with Gasteiger partial charge in [0.2, 0.25) is 5.91 Å². The molecule has 0 bridgehead atoms. The molecule has 2 aliphatic heterocycles. The Morgan fingerprint density at radius 3 is 2.51 bits per heavy atom. The highest BCUT2D eigenvalue weighted by molar-refractivity contribution is 8.18. The maximum atomic E-state index is 13.1. The maximum Gasteiger partial charge on any atom is 0.294 e. The van der Waals surface area contributed by atoms with Crippen LogP contribution >= 0.6 is 11.8 Å². The highest BCUT2D eigenvalue weighted by Crippen LogP contribution is 2.35. The van der Waals surface area contributed by atoms with E-state index in [4.69, 9.17) is 14.2 Å². The summed E-state index contributed by atoms with van der Waals surface area (Å²) < 4.78 is 16.7. The lowest BCUT2D eigenvalue weighted by Gasteiger charge is -2.29. The number of rotatable bonds is 10. The zero-order valence-corrected chi connectivity index (χ0v) is 24.6. The van der Waals surface area contributed by atoms with Crippen LogP contribution < -0.4 is 19.5 Å². The van der Waals surface area contributed by atoms with E-state index in [1.807, 2.05) is 37.3 Å². The van der Waals surface area contributed by atoms with Gasteiger partial charge in [0.15, 0.2) is 18.1 Å². The van der Waals surface area contributed by atoms with Crippen LogP contribution in [0.25, 0.3) is 6.08 Å². The molecule has 5 rings (SSSR count). The third kappa shape index (κ3) is 7.00. The fraction of sp³-hybridized carbons (Fsp3) is 0.250. The molecule has 3 aromatic rings. The topological polar surface area (TPSA) is 114 Å². The Morgan fingerprint density at radius 2 is 1.72 bits per heavy atom. The van der Waals surface area contributed by atoms with E-state index < -0.39 is 11.1 Å². The fourth-order valence-electron chi connectivity index (χ4n) is 4.81. The molecule has 0 atom stereocenters. The zero-order chi connectivity index (χ0) is 30.3. The Balaban J connectivity index is 1.20. The second kappa shape index (κ2) is 13.5. The predicted molar refractivity (Wildman–Crippen MR) is 163 cm³/mol. The molecule has 1 fully saturated rings. The van der Waals surface area contributed by atoms with E-state index in [9.17, 15) is 19.2 Å². The van der Waals surface area contributed by atoms with Crippen molar-refractivity contribution in [2.24, 2.45) is 0 Å². The number of benzene rings is 3. The Labute approximate surface area is 253 Å². The first-order valence-corrected chi connectivity index (χ1v) is 14.6. The summed E-state index contributed by atoms with van der Waals surface area (Å²) in [6.45, 7) is 2.74. The van der Waals surface area contributed by atoms with Crippen LogP contribution in [-0.2, 0) is 27.3 Å². The average molecular weight is 602 g/mol. The van der Waals surface area contributed by atoms with Gasteiger partial charge in [0.1, 0.15) is 12.3 Å². The summed E-state index contributed by atoms with van der Waals surface area (Å²) in [6, 6.07) is 20.0. The molecule has 11 heteroatoms.